The van der Waals surface area contributed by atoms with Gasteiger partial charge in [0.25, 0.3) is 0 Å². The van der Waals surface area contributed by atoms with Gasteiger partial charge in [-0.3, -0.25) is 10.1 Å². The number of anilines is 1. The quantitative estimate of drug-likeness (QED) is 0.410. The summed E-state index contributed by atoms with van der Waals surface area (Å²) in [6, 6.07) is 4.60. The number of carbonyl (C=O) groups is 2. The molecule has 2 saturated carbocycles. The van der Waals surface area contributed by atoms with Crippen molar-refractivity contribution in [1.29, 1.82) is 0 Å². The van der Waals surface area contributed by atoms with Gasteiger partial charge in [-0.1, -0.05) is 37.0 Å². The van der Waals surface area contributed by atoms with Crippen LogP contribution < -0.4 is 5.32 Å². The lowest BCUT2D eigenvalue weighted by atomic mass is 9.46. The topological polar surface area (TPSA) is 119 Å². The lowest BCUT2D eigenvalue weighted by Crippen LogP contribution is -2.61. The molecule has 0 spiro atoms. The van der Waals surface area contributed by atoms with Gasteiger partial charge in [0.05, 0.1) is 35.4 Å². The lowest BCUT2D eigenvalue weighted by Gasteiger charge is -2.60. The van der Waals surface area contributed by atoms with E-state index in [0.717, 1.165) is 12.8 Å². The Labute approximate surface area is 228 Å². The fraction of sp³-hybridized carbons (Fsp3) is 0.704. The Bertz CT molecular complexity index is 1010. The minimum atomic E-state index is -0.745. The van der Waals surface area contributed by atoms with E-state index >= 15 is 0 Å². The summed E-state index contributed by atoms with van der Waals surface area (Å²) in [6.07, 6.45) is 2.39. The highest BCUT2D eigenvalue weighted by Gasteiger charge is 2.60. The van der Waals surface area contributed by atoms with E-state index < -0.39 is 29.1 Å². The zero-order chi connectivity index (χ0) is 27.0. The van der Waals surface area contributed by atoms with Crippen LogP contribution in [0.4, 0.5) is 10.5 Å². The van der Waals surface area contributed by atoms with Gasteiger partial charge in [0, 0.05) is 24.1 Å². The van der Waals surface area contributed by atoms with Crippen molar-refractivity contribution in [1.82, 2.24) is 4.90 Å². The number of aliphatic hydroxyl groups excluding tert-OH is 3. The molecule has 3 aliphatic rings. The summed E-state index contributed by atoms with van der Waals surface area (Å²) >= 11 is 12.0. The number of aliphatic hydroxyl groups is 3. The van der Waals surface area contributed by atoms with Gasteiger partial charge >= 0.3 is 6.09 Å². The second kappa shape index (κ2) is 11.3. The highest BCUT2D eigenvalue weighted by atomic mass is 35.5. The number of amides is 2. The molecule has 1 saturated heterocycles. The second-order valence-corrected chi connectivity index (χ2v) is 12.2. The summed E-state index contributed by atoms with van der Waals surface area (Å²) in [5.41, 5.74) is -0.711. The van der Waals surface area contributed by atoms with Crippen molar-refractivity contribution < 1.29 is 29.6 Å². The third-order valence-electron chi connectivity index (χ3n) is 9.39. The van der Waals surface area contributed by atoms with E-state index in [4.69, 9.17) is 27.9 Å². The van der Waals surface area contributed by atoms with Crippen LogP contribution in [0.25, 0.3) is 0 Å². The van der Waals surface area contributed by atoms with E-state index in [1.54, 1.807) is 23.1 Å². The van der Waals surface area contributed by atoms with Gasteiger partial charge in [-0.25, -0.2) is 4.79 Å². The van der Waals surface area contributed by atoms with Crippen molar-refractivity contribution in [3.05, 3.63) is 28.2 Å². The molecule has 37 heavy (non-hydrogen) atoms. The van der Waals surface area contributed by atoms with Gasteiger partial charge in [0.15, 0.2) is 0 Å². The minimum Gasteiger partial charge on any atom is -0.445 e. The Kier molecular flexibility index (Phi) is 8.65. The number of carbonyl (C=O) groups excluding carboxylic acids is 2. The van der Waals surface area contributed by atoms with Crippen LogP contribution in [0.3, 0.4) is 0 Å². The number of hydrogen-bond acceptors (Lipinski definition) is 6. The lowest BCUT2D eigenvalue weighted by molar-refractivity contribution is -0.186. The molecule has 206 valence electrons. The molecule has 7 atom stereocenters. The first-order valence-electron chi connectivity index (χ1n) is 13.2. The number of halogens is 2. The molecule has 1 aromatic carbocycles. The SMILES string of the molecule is C[C@]1(CO)[C@H]2CC[C@@H](O)[C@@H](CC(=O)N3CCC[C@H]3CO)[C@]2(C)CC[C@H]1OC(=O)Nc1ccc(Cl)c(Cl)c1. The molecule has 0 bridgehead atoms. The third kappa shape index (κ3) is 5.46. The molecule has 0 radical (unpaired) electrons. The first kappa shape index (κ1) is 28.4. The number of hydrogen-bond donors (Lipinski definition) is 4. The fourth-order valence-electron chi connectivity index (χ4n) is 7.29. The van der Waals surface area contributed by atoms with Crippen molar-refractivity contribution in [2.75, 3.05) is 25.1 Å². The van der Waals surface area contributed by atoms with Gasteiger partial charge in [0.2, 0.25) is 5.91 Å². The summed E-state index contributed by atoms with van der Waals surface area (Å²) in [7, 11) is 0. The Morgan fingerprint density at radius 2 is 1.89 bits per heavy atom. The third-order valence-corrected chi connectivity index (χ3v) is 10.1. The summed E-state index contributed by atoms with van der Waals surface area (Å²) in [6.45, 7) is 4.43. The molecule has 4 N–H and O–H groups in total. The molecule has 1 aromatic rings. The van der Waals surface area contributed by atoms with Gasteiger partial charge in [-0.2, -0.15) is 0 Å². The van der Waals surface area contributed by atoms with E-state index in [-0.39, 0.29) is 43.4 Å². The van der Waals surface area contributed by atoms with Crippen LogP contribution >= 0.6 is 23.2 Å². The van der Waals surface area contributed by atoms with Crippen LogP contribution in [0.2, 0.25) is 10.0 Å². The van der Waals surface area contributed by atoms with E-state index in [1.165, 1.54) is 0 Å². The van der Waals surface area contributed by atoms with Crippen molar-refractivity contribution in [2.24, 2.45) is 22.7 Å². The van der Waals surface area contributed by atoms with Crippen molar-refractivity contribution in [2.45, 2.75) is 77.0 Å². The number of nitrogens with zero attached hydrogens (tertiary/aromatic N) is 1. The van der Waals surface area contributed by atoms with E-state index in [1.807, 2.05) is 6.92 Å². The average molecular weight is 558 g/mol. The first-order chi connectivity index (χ1) is 17.5. The summed E-state index contributed by atoms with van der Waals surface area (Å²) in [5.74, 6) is -0.377. The van der Waals surface area contributed by atoms with E-state index in [2.05, 4.69) is 12.2 Å². The smallest absolute Gasteiger partial charge is 0.411 e. The van der Waals surface area contributed by atoms with Crippen LogP contribution in [-0.4, -0.2) is 70.2 Å². The average Bonchev–Trinajstić information content (AvgIpc) is 3.35. The molecular weight excluding hydrogens is 519 g/mol. The molecule has 2 aliphatic carbocycles. The van der Waals surface area contributed by atoms with Crippen molar-refractivity contribution >= 4 is 40.9 Å². The maximum Gasteiger partial charge on any atom is 0.411 e. The number of benzene rings is 1. The Morgan fingerprint density at radius 1 is 1.14 bits per heavy atom. The Morgan fingerprint density at radius 3 is 2.57 bits per heavy atom. The second-order valence-electron chi connectivity index (χ2n) is 11.4. The molecule has 8 nitrogen and oxygen atoms in total. The normalized spacial score (nSPS) is 35.6. The van der Waals surface area contributed by atoms with E-state index in [9.17, 15) is 24.9 Å². The van der Waals surface area contributed by atoms with Crippen LogP contribution in [-0.2, 0) is 9.53 Å². The summed E-state index contributed by atoms with van der Waals surface area (Å²) < 4.78 is 5.87. The first-order valence-corrected chi connectivity index (χ1v) is 13.9. The predicted octanol–water partition coefficient (Wildman–Crippen LogP) is 4.47. The van der Waals surface area contributed by atoms with Gasteiger partial charge < -0.3 is 25.0 Å². The molecule has 2 amide bonds. The monoisotopic (exact) mass is 556 g/mol. The largest absolute Gasteiger partial charge is 0.445 e. The molecule has 1 heterocycles. The molecular formula is C27H38Cl2N2O6. The maximum atomic E-state index is 13.3. The van der Waals surface area contributed by atoms with Crippen LogP contribution in [0.1, 0.15) is 58.8 Å². The number of likely N-dealkylation sites (tertiary alicyclic amines) is 1. The Balaban J connectivity index is 1.50. The molecule has 0 unspecified atom stereocenters. The highest BCUT2D eigenvalue weighted by Crippen LogP contribution is 2.61. The number of ether oxygens (including phenoxy) is 1. The highest BCUT2D eigenvalue weighted by molar-refractivity contribution is 6.42. The van der Waals surface area contributed by atoms with Crippen molar-refractivity contribution in [3.63, 3.8) is 0 Å². The van der Waals surface area contributed by atoms with Crippen LogP contribution in [0, 0.1) is 22.7 Å². The zero-order valence-corrected chi connectivity index (χ0v) is 23.0. The molecule has 3 fully saturated rings. The molecule has 4 rings (SSSR count). The maximum absolute atomic E-state index is 13.3. The zero-order valence-electron chi connectivity index (χ0n) is 21.5. The van der Waals surface area contributed by atoms with E-state index in [0.29, 0.717) is 48.0 Å². The van der Waals surface area contributed by atoms with Crippen molar-refractivity contribution in [3.8, 4) is 0 Å². The predicted molar refractivity (Wildman–Crippen MR) is 142 cm³/mol. The number of fused-ring (bicyclic) bond motifs is 1. The fourth-order valence-corrected chi connectivity index (χ4v) is 7.59. The van der Waals surface area contributed by atoms with Gasteiger partial charge in [-0.05, 0) is 74.0 Å². The Hall–Kier alpha value is -1.58. The van der Waals surface area contributed by atoms with Gasteiger partial charge in [-0.15, -0.1) is 0 Å². The summed E-state index contributed by atoms with van der Waals surface area (Å²) in [5, 5.41) is 34.7. The van der Waals surface area contributed by atoms with Crippen LogP contribution in [0.5, 0.6) is 0 Å². The summed E-state index contributed by atoms with van der Waals surface area (Å²) in [4.78, 5) is 27.8. The minimum absolute atomic E-state index is 0.0347. The molecule has 10 heteroatoms. The van der Waals surface area contributed by atoms with Crippen LogP contribution in [0.15, 0.2) is 18.2 Å². The molecule has 0 aromatic heterocycles. The van der Waals surface area contributed by atoms with Gasteiger partial charge in [0.1, 0.15) is 6.10 Å². The standard InChI is InChI=1S/C27H38Cl2N2O6/c1-26-10-9-23(37-25(36)30-16-5-6-19(28)20(29)12-16)27(2,15-33)22(26)8-7-21(34)18(26)13-24(35)31-11-3-4-17(31)14-32/h5-6,12,17-18,21-23,32-34H,3-4,7-11,13-15H2,1-2H3,(H,30,36)/t17-,18+,21+,22-,23+,26-,27-/m0/s1. The molecule has 1 aliphatic heterocycles. The number of rotatable bonds is 6. The number of nitrogens with one attached hydrogen (secondary N) is 1.